The number of hydrogen-bond acceptors (Lipinski definition) is 4. The van der Waals surface area contributed by atoms with Crippen molar-refractivity contribution in [1.29, 1.82) is 0 Å². The molecule has 7 heteroatoms. The summed E-state index contributed by atoms with van der Waals surface area (Å²) in [6, 6.07) is 0.356. The molecule has 2 fully saturated rings. The summed E-state index contributed by atoms with van der Waals surface area (Å²) in [6.07, 6.45) is -0.343. The van der Waals surface area contributed by atoms with Crippen LogP contribution in [-0.2, 0) is 6.18 Å². The van der Waals surface area contributed by atoms with E-state index in [1.54, 1.807) is 0 Å². The lowest BCUT2D eigenvalue weighted by Gasteiger charge is -2.23. The predicted molar refractivity (Wildman–Crippen MR) is 63.5 cm³/mol. The second kappa shape index (κ2) is 4.63. The van der Waals surface area contributed by atoms with E-state index in [4.69, 9.17) is 0 Å². The van der Waals surface area contributed by atoms with Gasteiger partial charge in [0.15, 0.2) is 0 Å². The predicted octanol–water partition coefficient (Wildman–Crippen LogP) is 1.91. The Labute approximate surface area is 108 Å². The summed E-state index contributed by atoms with van der Waals surface area (Å²) in [4.78, 5) is 7.38. The van der Waals surface area contributed by atoms with Gasteiger partial charge in [-0.15, -0.1) is 0 Å². The molecular weight excluding hydrogens is 257 g/mol. The van der Waals surface area contributed by atoms with Crippen molar-refractivity contribution in [2.45, 2.75) is 25.1 Å². The van der Waals surface area contributed by atoms with E-state index in [-0.39, 0.29) is 5.95 Å². The van der Waals surface area contributed by atoms with Crippen LogP contribution in [0.2, 0.25) is 0 Å². The molecule has 0 radical (unpaired) electrons. The average Bonchev–Trinajstić information content (AvgIpc) is 3.14. The van der Waals surface area contributed by atoms with Crippen LogP contribution in [0.15, 0.2) is 12.4 Å². The lowest BCUT2D eigenvalue weighted by Crippen LogP contribution is -2.40. The molecule has 0 spiro atoms. The van der Waals surface area contributed by atoms with E-state index in [2.05, 4.69) is 20.6 Å². The number of piperidine rings is 1. The van der Waals surface area contributed by atoms with Crippen LogP contribution in [-0.4, -0.2) is 29.1 Å². The summed E-state index contributed by atoms with van der Waals surface area (Å²) in [5.74, 6) is 1.92. The van der Waals surface area contributed by atoms with Crippen LogP contribution < -0.4 is 10.6 Å². The molecule has 1 aliphatic carbocycles. The number of aromatic nitrogens is 2. The summed E-state index contributed by atoms with van der Waals surface area (Å²) in [7, 11) is 0. The first-order valence-electron chi connectivity index (χ1n) is 6.39. The lowest BCUT2D eigenvalue weighted by molar-refractivity contribution is -0.138. The molecule has 1 saturated heterocycles. The Bertz CT molecular complexity index is 445. The first-order chi connectivity index (χ1) is 9.02. The SMILES string of the molecule is FC(F)(F)c1cnc(NC[C@@H]2C[C@H]3CC3CN2)nc1. The van der Waals surface area contributed by atoms with E-state index in [9.17, 15) is 13.2 Å². The Morgan fingerprint density at radius 2 is 1.95 bits per heavy atom. The van der Waals surface area contributed by atoms with Crippen LogP contribution in [0.25, 0.3) is 0 Å². The fourth-order valence-corrected chi connectivity index (χ4v) is 2.55. The molecule has 19 heavy (non-hydrogen) atoms. The maximum atomic E-state index is 12.3. The molecule has 0 aromatic carbocycles. The van der Waals surface area contributed by atoms with Crippen LogP contribution in [0.4, 0.5) is 19.1 Å². The van der Waals surface area contributed by atoms with Crippen molar-refractivity contribution in [1.82, 2.24) is 15.3 Å². The molecule has 4 nitrogen and oxygen atoms in total. The minimum Gasteiger partial charge on any atom is -0.353 e. The molecule has 2 N–H and O–H groups in total. The summed E-state index contributed by atoms with van der Waals surface area (Å²) in [6.45, 7) is 1.69. The van der Waals surface area contributed by atoms with Crippen LogP contribution >= 0.6 is 0 Å². The fourth-order valence-electron chi connectivity index (χ4n) is 2.55. The standard InChI is InChI=1S/C12H15F3N4/c13-12(14,15)9-4-17-11(18-5-9)19-6-10-2-7-1-8(7)3-16-10/h4-5,7-8,10,16H,1-3,6H2,(H,17,18,19)/t7-,8?,10+/m1/s1. The third-order valence-electron chi connectivity index (χ3n) is 3.81. The van der Waals surface area contributed by atoms with Crippen molar-refractivity contribution in [2.24, 2.45) is 11.8 Å². The van der Waals surface area contributed by atoms with Gasteiger partial charge in [0.25, 0.3) is 0 Å². The Kier molecular flexibility index (Phi) is 3.08. The molecule has 3 rings (SSSR count). The zero-order valence-electron chi connectivity index (χ0n) is 10.2. The quantitative estimate of drug-likeness (QED) is 0.882. The number of rotatable bonds is 3. The summed E-state index contributed by atoms with van der Waals surface area (Å²) >= 11 is 0. The topological polar surface area (TPSA) is 49.8 Å². The summed E-state index contributed by atoms with van der Waals surface area (Å²) in [5, 5.41) is 6.40. The van der Waals surface area contributed by atoms with Gasteiger partial charge in [-0.05, 0) is 31.2 Å². The van der Waals surface area contributed by atoms with Crippen molar-refractivity contribution in [3.05, 3.63) is 18.0 Å². The molecule has 0 bridgehead atoms. The van der Waals surface area contributed by atoms with Crippen molar-refractivity contribution >= 4 is 5.95 Å². The Morgan fingerprint density at radius 3 is 2.58 bits per heavy atom. The van der Waals surface area contributed by atoms with Crippen LogP contribution in [0.5, 0.6) is 0 Å². The maximum Gasteiger partial charge on any atom is 0.419 e. The average molecular weight is 272 g/mol. The molecule has 1 aromatic rings. The highest BCUT2D eigenvalue weighted by Crippen LogP contribution is 2.43. The first kappa shape index (κ1) is 12.7. The number of nitrogens with one attached hydrogen (secondary N) is 2. The second-order valence-corrected chi connectivity index (χ2v) is 5.27. The minimum absolute atomic E-state index is 0.243. The normalized spacial score (nSPS) is 29.7. The van der Waals surface area contributed by atoms with Crippen LogP contribution in [0.1, 0.15) is 18.4 Å². The smallest absolute Gasteiger partial charge is 0.353 e. The van der Waals surface area contributed by atoms with Crippen LogP contribution in [0.3, 0.4) is 0 Å². The number of anilines is 1. The molecular formula is C12H15F3N4. The highest BCUT2D eigenvalue weighted by Gasteiger charge is 2.41. The van der Waals surface area contributed by atoms with Crippen molar-refractivity contribution < 1.29 is 13.2 Å². The van der Waals surface area contributed by atoms with Crippen molar-refractivity contribution in [2.75, 3.05) is 18.4 Å². The summed E-state index contributed by atoms with van der Waals surface area (Å²) < 4.78 is 37.0. The number of alkyl halides is 3. The first-order valence-corrected chi connectivity index (χ1v) is 6.39. The molecule has 1 aromatic heterocycles. The van der Waals surface area contributed by atoms with E-state index in [0.717, 1.165) is 37.2 Å². The molecule has 104 valence electrons. The minimum atomic E-state index is -4.38. The number of halogens is 3. The maximum absolute atomic E-state index is 12.3. The van der Waals surface area contributed by atoms with Crippen molar-refractivity contribution in [3.63, 3.8) is 0 Å². The van der Waals surface area contributed by atoms with Gasteiger partial charge in [-0.3, -0.25) is 0 Å². The Morgan fingerprint density at radius 1 is 1.21 bits per heavy atom. The highest BCUT2D eigenvalue weighted by molar-refractivity contribution is 5.26. The van der Waals surface area contributed by atoms with Gasteiger partial charge in [-0.1, -0.05) is 0 Å². The summed E-state index contributed by atoms with van der Waals surface area (Å²) in [5.41, 5.74) is -0.824. The zero-order chi connectivity index (χ0) is 13.5. The molecule has 3 atom stereocenters. The highest BCUT2D eigenvalue weighted by atomic mass is 19.4. The molecule has 0 amide bonds. The van der Waals surface area contributed by atoms with E-state index >= 15 is 0 Å². The monoisotopic (exact) mass is 272 g/mol. The van der Waals surface area contributed by atoms with E-state index in [1.807, 2.05) is 0 Å². The molecule has 1 saturated carbocycles. The lowest BCUT2D eigenvalue weighted by atomic mass is 10.1. The molecule has 1 unspecified atom stereocenters. The van der Waals surface area contributed by atoms with Gasteiger partial charge >= 0.3 is 6.18 Å². The zero-order valence-corrected chi connectivity index (χ0v) is 10.2. The molecule has 2 heterocycles. The Balaban J connectivity index is 1.52. The van der Waals surface area contributed by atoms with Crippen molar-refractivity contribution in [3.8, 4) is 0 Å². The number of nitrogens with zero attached hydrogens (tertiary/aromatic N) is 2. The number of hydrogen-bond donors (Lipinski definition) is 2. The van der Waals surface area contributed by atoms with Gasteiger partial charge in [0.05, 0.1) is 5.56 Å². The van der Waals surface area contributed by atoms with E-state index < -0.39 is 11.7 Å². The van der Waals surface area contributed by atoms with Gasteiger partial charge in [-0.25, -0.2) is 9.97 Å². The third kappa shape index (κ3) is 2.97. The molecule has 1 aliphatic heterocycles. The Hall–Kier alpha value is -1.37. The van der Waals surface area contributed by atoms with Gasteiger partial charge in [-0.2, -0.15) is 13.2 Å². The molecule has 2 aliphatic rings. The number of fused-ring (bicyclic) bond motifs is 1. The second-order valence-electron chi connectivity index (χ2n) is 5.27. The fraction of sp³-hybridized carbons (Fsp3) is 0.667. The van der Waals surface area contributed by atoms with Gasteiger partial charge in [0, 0.05) is 25.0 Å². The van der Waals surface area contributed by atoms with E-state index in [1.165, 1.54) is 6.42 Å². The van der Waals surface area contributed by atoms with Crippen LogP contribution in [0, 0.1) is 11.8 Å². The van der Waals surface area contributed by atoms with Gasteiger partial charge in [0.2, 0.25) is 5.95 Å². The third-order valence-corrected chi connectivity index (χ3v) is 3.81. The van der Waals surface area contributed by atoms with Gasteiger partial charge in [0.1, 0.15) is 0 Å². The van der Waals surface area contributed by atoms with Gasteiger partial charge < -0.3 is 10.6 Å². The largest absolute Gasteiger partial charge is 0.419 e. The van der Waals surface area contributed by atoms with E-state index in [0.29, 0.717) is 12.6 Å².